The van der Waals surface area contributed by atoms with Gasteiger partial charge in [0.2, 0.25) is 0 Å². The summed E-state index contributed by atoms with van der Waals surface area (Å²) in [6, 6.07) is 17.3. The number of benzene rings is 2. The minimum atomic E-state index is 0.190. The Labute approximate surface area is 128 Å². The number of aryl methyl sites for hydroxylation is 1. The Morgan fingerprint density at radius 2 is 1.33 bits per heavy atom. The molecule has 2 aromatic carbocycles. The van der Waals surface area contributed by atoms with E-state index >= 15 is 0 Å². The third-order valence-corrected chi connectivity index (χ3v) is 3.80. The molecule has 21 heavy (non-hydrogen) atoms. The predicted octanol–water partition coefficient (Wildman–Crippen LogP) is 5.17. The summed E-state index contributed by atoms with van der Waals surface area (Å²) in [6.45, 7) is 8.33. The van der Waals surface area contributed by atoms with Crippen molar-refractivity contribution < 1.29 is 4.79 Å². The van der Waals surface area contributed by atoms with Gasteiger partial charge in [-0.05, 0) is 41.0 Å². The quantitative estimate of drug-likeness (QED) is 0.755. The van der Waals surface area contributed by atoms with Crippen LogP contribution in [0.3, 0.4) is 0 Å². The second kappa shape index (κ2) is 6.26. The van der Waals surface area contributed by atoms with Crippen molar-refractivity contribution in [1.29, 1.82) is 0 Å². The molecular weight excluding hydrogens is 256 g/mol. The molecule has 0 amide bonds. The SMILES string of the molecule is CC(=O)CCc1ccc(-c2ccc(C(C)(C)C)cc2)cc1. The monoisotopic (exact) mass is 280 g/mol. The Bertz CT molecular complexity index is 598. The smallest absolute Gasteiger partial charge is 0.130 e. The first-order valence-corrected chi connectivity index (χ1v) is 7.55. The number of Topliss-reactive ketones (excluding diaryl/α,β-unsaturated/α-hetero) is 1. The van der Waals surface area contributed by atoms with E-state index < -0.39 is 0 Å². The van der Waals surface area contributed by atoms with Crippen LogP contribution in [0.5, 0.6) is 0 Å². The van der Waals surface area contributed by atoms with Gasteiger partial charge in [-0.2, -0.15) is 0 Å². The normalized spacial score (nSPS) is 11.4. The van der Waals surface area contributed by atoms with Gasteiger partial charge in [-0.25, -0.2) is 0 Å². The maximum absolute atomic E-state index is 11.0. The number of ketones is 1. The number of hydrogen-bond acceptors (Lipinski definition) is 1. The summed E-state index contributed by atoms with van der Waals surface area (Å²) >= 11 is 0. The fraction of sp³-hybridized carbons (Fsp3) is 0.350. The molecule has 0 radical (unpaired) electrons. The average Bonchev–Trinajstić information content (AvgIpc) is 2.45. The molecule has 0 aliphatic rings. The van der Waals surface area contributed by atoms with Crippen LogP contribution in [0.2, 0.25) is 0 Å². The molecule has 0 fully saturated rings. The summed E-state index contributed by atoms with van der Waals surface area (Å²) in [4.78, 5) is 11.0. The van der Waals surface area contributed by atoms with E-state index in [9.17, 15) is 4.79 Å². The van der Waals surface area contributed by atoms with Crippen molar-refractivity contribution in [3.05, 3.63) is 59.7 Å². The molecule has 0 aliphatic heterocycles. The van der Waals surface area contributed by atoms with Gasteiger partial charge in [-0.3, -0.25) is 0 Å². The van der Waals surface area contributed by atoms with Crippen molar-refractivity contribution in [3.8, 4) is 11.1 Å². The number of carbonyl (C=O) groups is 1. The first kappa shape index (κ1) is 15.5. The zero-order chi connectivity index (χ0) is 15.5. The fourth-order valence-electron chi connectivity index (χ4n) is 2.35. The van der Waals surface area contributed by atoms with Gasteiger partial charge in [0.25, 0.3) is 0 Å². The molecule has 0 aliphatic carbocycles. The molecule has 0 N–H and O–H groups in total. The van der Waals surface area contributed by atoms with Gasteiger partial charge >= 0.3 is 0 Å². The zero-order valence-electron chi connectivity index (χ0n) is 13.4. The van der Waals surface area contributed by atoms with Crippen LogP contribution >= 0.6 is 0 Å². The molecule has 110 valence electrons. The molecule has 0 saturated carbocycles. The summed E-state index contributed by atoms with van der Waals surface area (Å²) < 4.78 is 0. The molecule has 1 nitrogen and oxygen atoms in total. The van der Waals surface area contributed by atoms with Crippen LogP contribution < -0.4 is 0 Å². The minimum absolute atomic E-state index is 0.190. The first-order valence-electron chi connectivity index (χ1n) is 7.55. The topological polar surface area (TPSA) is 17.1 Å². The van der Waals surface area contributed by atoms with Gasteiger partial charge in [0.15, 0.2) is 0 Å². The minimum Gasteiger partial charge on any atom is -0.300 e. The van der Waals surface area contributed by atoms with E-state index in [0.29, 0.717) is 6.42 Å². The van der Waals surface area contributed by atoms with Crippen molar-refractivity contribution in [2.24, 2.45) is 0 Å². The zero-order valence-corrected chi connectivity index (χ0v) is 13.4. The Hall–Kier alpha value is -1.89. The molecule has 0 heterocycles. The standard InChI is InChI=1S/C20H24O/c1-15(21)5-6-16-7-9-17(10-8-16)18-11-13-19(14-12-18)20(2,3)4/h7-14H,5-6H2,1-4H3. The summed E-state index contributed by atoms with van der Waals surface area (Å²) in [7, 11) is 0. The van der Waals surface area contributed by atoms with Crippen molar-refractivity contribution in [1.82, 2.24) is 0 Å². The van der Waals surface area contributed by atoms with Crippen molar-refractivity contribution >= 4 is 5.78 Å². The van der Waals surface area contributed by atoms with E-state index in [1.54, 1.807) is 6.92 Å². The highest BCUT2D eigenvalue weighted by Crippen LogP contribution is 2.26. The van der Waals surface area contributed by atoms with Crippen LogP contribution in [0.15, 0.2) is 48.5 Å². The predicted molar refractivity (Wildman–Crippen MR) is 89.6 cm³/mol. The molecule has 0 saturated heterocycles. The third kappa shape index (κ3) is 4.29. The molecule has 0 atom stereocenters. The summed E-state index contributed by atoms with van der Waals surface area (Å²) in [5.74, 6) is 0.247. The first-order chi connectivity index (χ1) is 9.86. The van der Waals surface area contributed by atoms with E-state index in [2.05, 4.69) is 69.3 Å². The highest BCUT2D eigenvalue weighted by molar-refractivity contribution is 5.75. The summed E-state index contributed by atoms with van der Waals surface area (Å²) in [5.41, 5.74) is 5.22. The lowest BCUT2D eigenvalue weighted by atomic mass is 9.86. The van der Waals surface area contributed by atoms with Crippen molar-refractivity contribution in [2.75, 3.05) is 0 Å². The van der Waals surface area contributed by atoms with Gasteiger partial charge in [-0.15, -0.1) is 0 Å². The van der Waals surface area contributed by atoms with Crippen LogP contribution in [0, 0.1) is 0 Å². The molecule has 2 aromatic rings. The van der Waals surface area contributed by atoms with E-state index in [-0.39, 0.29) is 11.2 Å². The molecule has 0 spiro atoms. The lowest BCUT2D eigenvalue weighted by molar-refractivity contribution is -0.116. The van der Waals surface area contributed by atoms with Gasteiger partial charge in [-0.1, -0.05) is 69.3 Å². The lowest BCUT2D eigenvalue weighted by Crippen LogP contribution is -2.10. The second-order valence-corrected chi connectivity index (χ2v) is 6.73. The average molecular weight is 280 g/mol. The molecule has 0 aromatic heterocycles. The third-order valence-electron chi connectivity index (χ3n) is 3.80. The number of carbonyl (C=O) groups excluding carboxylic acids is 1. The maximum atomic E-state index is 11.0. The molecule has 1 heteroatoms. The summed E-state index contributed by atoms with van der Waals surface area (Å²) in [5, 5.41) is 0. The van der Waals surface area contributed by atoms with Gasteiger partial charge < -0.3 is 4.79 Å². The largest absolute Gasteiger partial charge is 0.300 e. The molecular formula is C20H24O. The highest BCUT2D eigenvalue weighted by atomic mass is 16.1. The van der Waals surface area contributed by atoms with E-state index in [0.717, 1.165) is 6.42 Å². The van der Waals surface area contributed by atoms with Gasteiger partial charge in [0.05, 0.1) is 0 Å². The number of rotatable bonds is 4. The van der Waals surface area contributed by atoms with Gasteiger partial charge in [0.1, 0.15) is 5.78 Å². The Balaban J connectivity index is 2.13. The van der Waals surface area contributed by atoms with Gasteiger partial charge in [0, 0.05) is 6.42 Å². The molecule has 0 bridgehead atoms. The van der Waals surface area contributed by atoms with E-state index in [1.165, 1.54) is 22.3 Å². The summed E-state index contributed by atoms with van der Waals surface area (Å²) in [6.07, 6.45) is 1.46. The Kier molecular flexibility index (Phi) is 4.62. The Morgan fingerprint density at radius 1 is 0.857 bits per heavy atom. The van der Waals surface area contributed by atoms with Crippen LogP contribution in [0.1, 0.15) is 45.2 Å². The van der Waals surface area contributed by atoms with E-state index in [4.69, 9.17) is 0 Å². The highest BCUT2D eigenvalue weighted by Gasteiger charge is 2.12. The second-order valence-electron chi connectivity index (χ2n) is 6.73. The molecule has 2 rings (SSSR count). The molecule has 0 unspecified atom stereocenters. The van der Waals surface area contributed by atoms with Crippen LogP contribution in [-0.4, -0.2) is 5.78 Å². The van der Waals surface area contributed by atoms with Crippen molar-refractivity contribution in [2.45, 2.75) is 46.0 Å². The lowest BCUT2D eigenvalue weighted by Gasteiger charge is -2.19. The Morgan fingerprint density at radius 3 is 1.76 bits per heavy atom. The van der Waals surface area contributed by atoms with E-state index in [1.807, 2.05) is 0 Å². The van der Waals surface area contributed by atoms with Crippen LogP contribution in [0.25, 0.3) is 11.1 Å². The van der Waals surface area contributed by atoms with Crippen LogP contribution in [0.4, 0.5) is 0 Å². The number of hydrogen-bond donors (Lipinski definition) is 0. The van der Waals surface area contributed by atoms with Crippen LogP contribution in [-0.2, 0) is 16.6 Å². The van der Waals surface area contributed by atoms with Crippen molar-refractivity contribution in [3.63, 3.8) is 0 Å². The maximum Gasteiger partial charge on any atom is 0.130 e. The fourth-order valence-corrected chi connectivity index (χ4v) is 2.35.